The summed E-state index contributed by atoms with van der Waals surface area (Å²) < 4.78 is 26.1. The third-order valence-electron chi connectivity index (χ3n) is 6.99. The van der Waals surface area contributed by atoms with Crippen molar-refractivity contribution in [1.29, 1.82) is 0 Å². The summed E-state index contributed by atoms with van der Waals surface area (Å²) in [4.78, 5) is 0. The molecule has 3 aliphatic carbocycles. The van der Waals surface area contributed by atoms with E-state index in [4.69, 9.17) is 9.05 Å². The highest BCUT2D eigenvalue weighted by Crippen LogP contribution is 2.67. The summed E-state index contributed by atoms with van der Waals surface area (Å²) in [5.74, 6) is 1.89. The van der Waals surface area contributed by atoms with Crippen LogP contribution in [0.3, 0.4) is 0 Å². The van der Waals surface area contributed by atoms with Crippen LogP contribution in [0, 0.1) is 17.8 Å². The van der Waals surface area contributed by atoms with Crippen LogP contribution in [0.5, 0.6) is 0 Å². The molecule has 0 aromatic carbocycles. The molecule has 1 heterocycles. The Bertz CT molecular complexity index is 446. The first-order chi connectivity index (χ1) is 11.3. The van der Waals surface area contributed by atoms with Crippen LogP contribution in [0.15, 0.2) is 0 Å². The Morgan fingerprint density at radius 3 is 2.26 bits per heavy atom. The zero-order chi connectivity index (χ0) is 15.7. The largest absolute Gasteiger partial charge is 0.334 e. The minimum absolute atomic E-state index is 0.208. The van der Waals surface area contributed by atoms with Gasteiger partial charge in [0.05, 0.1) is 18.4 Å². The highest BCUT2D eigenvalue weighted by Gasteiger charge is 2.53. The average molecular weight is 340 g/mol. The topological polar surface area (TPSA) is 35.5 Å². The zero-order valence-corrected chi connectivity index (χ0v) is 15.4. The van der Waals surface area contributed by atoms with Gasteiger partial charge in [0, 0.05) is 0 Å². The fraction of sp³-hybridized carbons (Fsp3) is 1.00. The molecule has 0 amide bonds. The molecule has 0 radical (unpaired) electrons. The molecule has 4 rings (SSSR count). The Hall–Kier alpha value is 0.150. The second-order valence-corrected chi connectivity index (χ2v) is 10.7. The molecular weight excluding hydrogens is 307 g/mol. The van der Waals surface area contributed by atoms with Gasteiger partial charge in [-0.1, -0.05) is 44.9 Å². The number of fused-ring (bicyclic) bond motifs is 3. The van der Waals surface area contributed by atoms with E-state index < -0.39 is 7.60 Å². The van der Waals surface area contributed by atoms with Crippen LogP contribution in [0.25, 0.3) is 0 Å². The van der Waals surface area contributed by atoms with Crippen LogP contribution in [-0.2, 0) is 13.6 Å². The lowest BCUT2D eigenvalue weighted by molar-refractivity contribution is -0.00778. The van der Waals surface area contributed by atoms with Gasteiger partial charge >= 0.3 is 7.60 Å². The van der Waals surface area contributed by atoms with Gasteiger partial charge in [0.15, 0.2) is 0 Å². The molecular formula is C19H33O3P. The highest BCUT2D eigenvalue weighted by atomic mass is 31.2. The molecule has 0 aromatic rings. The molecule has 0 bridgehead atoms. The van der Waals surface area contributed by atoms with Crippen LogP contribution < -0.4 is 0 Å². The van der Waals surface area contributed by atoms with Gasteiger partial charge in [-0.15, -0.1) is 0 Å². The van der Waals surface area contributed by atoms with Crippen LogP contribution in [-0.4, -0.2) is 18.4 Å². The first kappa shape index (κ1) is 16.6. The first-order valence-corrected chi connectivity index (χ1v) is 11.8. The third kappa shape index (κ3) is 3.44. The maximum atomic E-state index is 13.7. The lowest BCUT2D eigenvalue weighted by Gasteiger charge is -2.50. The quantitative estimate of drug-likeness (QED) is 0.598. The van der Waals surface area contributed by atoms with Crippen molar-refractivity contribution in [3.8, 4) is 0 Å². The van der Waals surface area contributed by atoms with Crippen LogP contribution in [0.4, 0.5) is 0 Å². The van der Waals surface area contributed by atoms with Gasteiger partial charge < -0.3 is 9.05 Å². The van der Waals surface area contributed by atoms with Crippen molar-refractivity contribution < 1.29 is 13.6 Å². The van der Waals surface area contributed by atoms with Gasteiger partial charge in [-0.05, 0) is 56.3 Å². The molecule has 3 nitrogen and oxygen atoms in total. The maximum Gasteiger partial charge on any atom is 0.334 e. The molecule has 5 atom stereocenters. The van der Waals surface area contributed by atoms with Gasteiger partial charge in [-0.2, -0.15) is 0 Å². The van der Waals surface area contributed by atoms with Crippen molar-refractivity contribution >= 4 is 7.60 Å². The van der Waals surface area contributed by atoms with Crippen molar-refractivity contribution in [2.24, 2.45) is 17.8 Å². The predicted molar refractivity (Wildman–Crippen MR) is 92.7 cm³/mol. The maximum absolute atomic E-state index is 13.7. The Morgan fingerprint density at radius 2 is 1.43 bits per heavy atom. The normalized spacial score (nSPS) is 45.2. The van der Waals surface area contributed by atoms with Gasteiger partial charge in [0.1, 0.15) is 0 Å². The van der Waals surface area contributed by atoms with Crippen molar-refractivity contribution in [3.63, 3.8) is 0 Å². The van der Waals surface area contributed by atoms with E-state index in [1.807, 2.05) is 0 Å². The van der Waals surface area contributed by atoms with E-state index in [2.05, 4.69) is 0 Å². The van der Waals surface area contributed by atoms with Crippen LogP contribution in [0.2, 0.25) is 0 Å². The fourth-order valence-corrected chi connectivity index (χ4v) is 8.54. The number of rotatable bonds is 3. The van der Waals surface area contributed by atoms with Crippen molar-refractivity contribution in [2.75, 3.05) is 6.61 Å². The minimum atomic E-state index is -2.90. The molecule has 4 aliphatic rings. The van der Waals surface area contributed by atoms with Gasteiger partial charge in [-0.3, -0.25) is 4.57 Å². The zero-order valence-electron chi connectivity index (χ0n) is 14.5. The standard InChI is InChI=1S/C19H33O3P/c20-23(21-14-15-8-2-1-3-9-15)19-13-7-5-11-17(19)16-10-4-6-12-18(16)22-23/h15-19H,1-14H2. The number of hydrogen-bond acceptors (Lipinski definition) is 3. The Labute approximate surface area is 141 Å². The summed E-state index contributed by atoms with van der Waals surface area (Å²) in [7, 11) is -2.90. The molecule has 0 aromatic heterocycles. The minimum Gasteiger partial charge on any atom is -0.308 e. The highest BCUT2D eigenvalue weighted by molar-refractivity contribution is 7.54. The monoisotopic (exact) mass is 340 g/mol. The van der Waals surface area contributed by atoms with Crippen molar-refractivity contribution in [1.82, 2.24) is 0 Å². The molecule has 4 fully saturated rings. The summed E-state index contributed by atoms with van der Waals surface area (Å²) in [6, 6.07) is 0. The van der Waals surface area contributed by atoms with Crippen LogP contribution >= 0.6 is 7.60 Å². The molecule has 5 unspecified atom stereocenters. The van der Waals surface area contributed by atoms with Gasteiger partial charge in [0.25, 0.3) is 0 Å². The second-order valence-electron chi connectivity index (χ2n) is 8.45. The van der Waals surface area contributed by atoms with E-state index in [-0.39, 0.29) is 11.8 Å². The Balaban J connectivity index is 1.47. The SMILES string of the molecule is O=P1(OCC2CCCCC2)OC2CCCCC2C2CCCCC21. The molecule has 1 aliphatic heterocycles. The molecule has 23 heavy (non-hydrogen) atoms. The van der Waals surface area contributed by atoms with E-state index in [9.17, 15) is 4.57 Å². The van der Waals surface area contributed by atoms with E-state index in [1.165, 1.54) is 70.6 Å². The Morgan fingerprint density at radius 1 is 0.783 bits per heavy atom. The van der Waals surface area contributed by atoms with Gasteiger partial charge in [0.2, 0.25) is 0 Å². The molecule has 132 valence electrons. The molecule has 4 heteroatoms. The van der Waals surface area contributed by atoms with E-state index >= 15 is 0 Å². The second kappa shape index (κ2) is 7.18. The van der Waals surface area contributed by atoms with Crippen molar-refractivity contribution in [2.45, 2.75) is 95.2 Å². The average Bonchev–Trinajstić information content (AvgIpc) is 2.61. The lowest BCUT2D eigenvalue weighted by Crippen LogP contribution is -2.45. The van der Waals surface area contributed by atoms with E-state index in [1.54, 1.807) is 0 Å². The smallest absolute Gasteiger partial charge is 0.308 e. The number of hydrogen-bond donors (Lipinski definition) is 0. The fourth-order valence-electron chi connectivity index (χ4n) is 5.73. The summed E-state index contributed by atoms with van der Waals surface area (Å²) in [5.41, 5.74) is 0.208. The summed E-state index contributed by atoms with van der Waals surface area (Å²) in [6.45, 7) is 0.678. The Kier molecular flexibility index (Phi) is 5.18. The molecule has 0 N–H and O–H groups in total. The molecule has 0 spiro atoms. The van der Waals surface area contributed by atoms with E-state index in [0.717, 1.165) is 12.8 Å². The molecule has 3 saturated carbocycles. The lowest BCUT2D eigenvalue weighted by atomic mass is 9.71. The summed E-state index contributed by atoms with van der Waals surface area (Å²) >= 11 is 0. The van der Waals surface area contributed by atoms with E-state index in [0.29, 0.717) is 24.4 Å². The summed E-state index contributed by atoms with van der Waals surface area (Å²) in [5, 5.41) is 0. The van der Waals surface area contributed by atoms with Crippen molar-refractivity contribution in [3.05, 3.63) is 0 Å². The van der Waals surface area contributed by atoms with Gasteiger partial charge in [-0.25, -0.2) is 0 Å². The first-order valence-electron chi connectivity index (χ1n) is 10.2. The predicted octanol–water partition coefficient (Wildman–Crippen LogP) is 5.92. The molecule has 1 saturated heterocycles. The third-order valence-corrected chi connectivity index (χ3v) is 9.52. The van der Waals surface area contributed by atoms with Crippen LogP contribution in [0.1, 0.15) is 83.5 Å². The summed E-state index contributed by atoms with van der Waals surface area (Å²) in [6.07, 6.45) is 16.5.